The molecular weight excluding hydrogens is 204 g/mol. The van der Waals surface area contributed by atoms with Gasteiger partial charge in [0.25, 0.3) is 0 Å². The van der Waals surface area contributed by atoms with Gasteiger partial charge in [0.05, 0.1) is 12.7 Å². The molecule has 3 atom stereocenters. The van der Waals surface area contributed by atoms with E-state index in [4.69, 9.17) is 15.2 Å². The summed E-state index contributed by atoms with van der Waals surface area (Å²) in [6.45, 7) is 4.34. The first-order chi connectivity index (χ1) is 7.90. The van der Waals surface area contributed by atoms with E-state index in [1.165, 1.54) is 25.7 Å². The van der Waals surface area contributed by atoms with E-state index in [1.54, 1.807) is 0 Å². The van der Waals surface area contributed by atoms with E-state index in [-0.39, 0.29) is 0 Å². The summed E-state index contributed by atoms with van der Waals surface area (Å²) >= 11 is 0. The number of ether oxygens (including phenoxy) is 2. The molecule has 3 N–H and O–H groups in total. The molecule has 94 valence electrons. The average molecular weight is 228 g/mol. The second-order valence-corrected chi connectivity index (χ2v) is 4.86. The highest BCUT2D eigenvalue weighted by molar-refractivity contribution is 4.81. The molecule has 0 aromatic heterocycles. The van der Waals surface area contributed by atoms with Crippen LogP contribution < -0.4 is 11.1 Å². The molecule has 2 aliphatic rings. The molecule has 0 bridgehead atoms. The fourth-order valence-corrected chi connectivity index (χ4v) is 2.61. The third kappa shape index (κ3) is 3.42. The molecule has 0 aromatic rings. The van der Waals surface area contributed by atoms with Crippen LogP contribution in [0.25, 0.3) is 0 Å². The Morgan fingerprint density at radius 3 is 2.75 bits per heavy atom. The Morgan fingerprint density at radius 1 is 1.25 bits per heavy atom. The lowest BCUT2D eigenvalue weighted by atomic mass is 9.93. The minimum Gasteiger partial charge on any atom is -0.381 e. The molecule has 0 spiro atoms. The molecule has 4 nitrogen and oxygen atoms in total. The van der Waals surface area contributed by atoms with Crippen molar-refractivity contribution in [3.8, 4) is 0 Å². The number of hydrogen-bond acceptors (Lipinski definition) is 4. The van der Waals surface area contributed by atoms with Crippen molar-refractivity contribution in [3.63, 3.8) is 0 Å². The molecule has 2 saturated heterocycles. The summed E-state index contributed by atoms with van der Waals surface area (Å²) in [5.74, 6) is 0.583. The van der Waals surface area contributed by atoms with Crippen molar-refractivity contribution in [2.45, 2.75) is 37.8 Å². The molecule has 0 radical (unpaired) electrons. The smallest absolute Gasteiger partial charge is 0.0700 e. The summed E-state index contributed by atoms with van der Waals surface area (Å²) in [4.78, 5) is 0. The Kier molecular flexibility index (Phi) is 5.03. The summed E-state index contributed by atoms with van der Waals surface area (Å²) in [7, 11) is 0. The standard InChI is InChI=1S/C12H24N2O2/c13-7-12(10-3-1-5-15-9-10)14-8-11-4-2-6-16-11/h10-12,14H,1-9,13H2. The van der Waals surface area contributed by atoms with E-state index in [2.05, 4.69) is 5.32 Å². The fourth-order valence-electron chi connectivity index (χ4n) is 2.61. The Balaban J connectivity index is 1.70. The van der Waals surface area contributed by atoms with Gasteiger partial charge in [0, 0.05) is 32.3 Å². The average Bonchev–Trinajstić information content (AvgIpc) is 2.84. The predicted molar refractivity (Wildman–Crippen MR) is 63.4 cm³/mol. The summed E-state index contributed by atoms with van der Waals surface area (Å²) in [5.41, 5.74) is 5.83. The lowest BCUT2D eigenvalue weighted by Crippen LogP contribution is -2.47. The largest absolute Gasteiger partial charge is 0.381 e. The number of nitrogens with two attached hydrogens (primary N) is 1. The van der Waals surface area contributed by atoms with Crippen LogP contribution in [-0.4, -0.2) is 45.1 Å². The van der Waals surface area contributed by atoms with Gasteiger partial charge in [0.1, 0.15) is 0 Å². The van der Waals surface area contributed by atoms with Gasteiger partial charge in [-0.3, -0.25) is 0 Å². The lowest BCUT2D eigenvalue weighted by molar-refractivity contribution is 0.0365. The van der Waals surface area contributed by atoms with Gasteiger partial charge in [-0.2, -0.15) is 0 Å². The first-order valence-corrected chi connectivity index (χ1v) is 6.53. The van der Waals surface area contributed by atoms with Gasteiger partial charge < -0.3 is 20.5 Å². The molecule has 2 rings (SSSR count). The second-order valence-electron chi connectivity index (χ2n) is 4.86. The molecule has 0 aliphatic carbocycles. The zero-order valence-corrected chi connectivity index (χ0v) is 9.99. The van der Waals surface area contributed by atoms with Crippen LogP contribution >= 0.6 is 0 Å². The van der Waals surface area contributed by atoms with Crippen molar-refractivity contribution in [3.05, 3.63) is 0 Å². The molecule has 3 unspecified atom stereocenters. The minimum absolute atomic E-state index is 0.393. The first kappa shape index (κ1) is 12.3. The monoisotopic (exact) mass is 228 g/mol. The summed E-state index contributed by atoms with van der Waals surface area (Å²) < 4.78 is 11.1. The summed E-state index contributed by atoms with van der Waals surface area (Å²) in [6.07, 6.45) is 5.19. The maximum atomic E-state index is 5.83. The topological polar surface area (TPSA) is 56.5 Å². The molecule has 0 saturated carbocycles. The number of hydrogen-bond donors (Lipinski definition) is 2. The highest BCUT2D eigenvalue weighted by Gasteiger charge is 2.24. The normalized spacial score (nSPS) is 32.8. The molecule has 2 heterocycles. The van der Waals surface area contributed by atoms with Gasteiger partial charge in [0.15, 0.2) is 0 Å². The SMILES string of the molecule is NCC(NCC1CCCO1)C1CCCOC1. The maximum absolute atomic E-state index is 5.83. The Labute approximate surface area is 97.9 Å². The number of rotatable bonds is 5. The lowest BCUT2D eigenvalue weighted by Gasteiger charge is -2.30. The minimum atomic E-state index is 0.393. The fraction of sp³-hybridized carbons (Fsp3) is 1.00. The quantitative estimate of drug-likeness (QED) is 0.720. The number of nitrogens with one attached hydrogen (secondary N) is 1. The molecule has 0 amide bonds. The van der Waals surface area contributed by atoms with Gasteiger partial charge >= 0.3 is 0 Å². The zero-order chi connectivity index (χ0) is 11.2. The van der Waals surface area contributed by atoms with Crippen molar-refractivity contribution < 1.29 is 9.47 Å². The predicted octanol–water partition coefficient (Wildman–Crippen LogP) is 0.509. The summed E-state index contributed by atoms with van der Waals surface area (Å²) in [5, 5.41) is 3.55. The van der Waals surface area contributed by atoms with E-state index in [0.717, 1.165) is 26.4 Å². The van der Waals surface area contributed by atoms with Crippen molar-refractivity contribution in [2.24, 2.45) is 11.7 Å². The zero-order valence-electron chi connectivity index (χ0n) is 9.99. The molecule has 0 aromatic carbocycles. The van der Waals surface area contributed by atoms with E-state index in [9.17, 15) is 0 Å². The van der Waals surface area contributed by atoms with E-state index in [0.29, 0.717) is 24.6 Å². The highest BCUT2D eigenvalue weighted by atomic mass is 16.5. The summed E-state index contributed by atoms with van der Waals surface area (Å²) in [6, 6.07) is 0.393. The van der Waals surface area contributed by atoms with E-state index < -0.39 is 0 Å². The van der Waals surface area contributed by atoms with Gasteiger partial charge in [-0.1, -0.05) is 0 Å². The van der Waals surface area contributed by atoms with Crippen LogP contribution in [0.1, 0.15) is 25.7 Å². The van der Waals surface area contributed by atoms with Crippen molar-refractivity contribution in [2.75, 3.05) is 32.9 Å². The third-order valence-electron chi connectivity index (χ3n) is 3.65. The van der Waals surface area contributed by atoms with Crippen LogP contribution in [0.4, 0.5) is 0 Å². The van der Waals surface area contributed by atoms with Crippen LogP contribution in [0, 0.1) is 5.92 Å². The van der Waals surface area contributed by atoms with E-state index >= 15 is 0 Å². The highest BCUT2D eigenvalue weighted by Crippen LogP contribution is 2.18. The van der Waals surface area contributed by atoms with Gasteiger partial charge in [-0.15, -0.1) is 0 Å². The molecule has 16 heavy (non-hydrogen) atoms. The Morgan fingerprint density at radius 2 is 2.12 bits per heavy atom. The Hall–Kier alpha value is -0.160. The second kappa shape index (κ2) is 6.55. The molecule has 2 fully saturated rings. The van der Waals surface area contributed by atoms with Gasteiger partial charge in [-0.05, 0) is 31.6 Å². The van der Waals surface area contributed by atoms with Crippen molar-refractivity contribution >= 4 is 0 Å². The van der Waals surface area contributed by atoms with Gasteiger partial charge in [-0.25, -0.2) is 0 Å². The van der Waals surface area contributed by atoms with Crippen molar-refractivity contribution in [1.29, 1.82) is 0 Å². The van der Waals surface area contributed by atoms with Crippen molar-refractivity contribution in [1.82, 2.24) is 5.32 Å². The van der Waals surface area contributed by atoms with Gasteiger partial charge in [0.2, 0.25) is 0 Å². The van der Waals surface area contributed by atoms with Crippen LogP contribution in [0.5, 0.6) is 0 Å². The molecular formula is C12H24N2O2. The molecule has 4 heteroatoms. The first-order valence-electron chi connectivity index (χ1n) is 6.53. The molecule has 2 aliphatic heterocycles. The van der Waals surface area contributed by atoms with Crippen LogP contribution in [0.3, 0.4) is 0 Å². The Bertz CT molecular complexity index is 189. The maximum Gasteiger partial charge on any atom is 0.0700 e. The van der Waals surface area contributed by atoms with Crippen LogP contribution in [0.2, 0.25) is 0 Å². The third-order valence-corrected chi connectivity index (χ3v) is 3.65. The van der Waals surface area contributed by atoms with Crippen LogP contribution in [0.15, 0.2) is 0 Å². The van der Waals surface area contributed by atoms with Crippen LogP contribution in [-0.2, 0) is 9.47 Å². The van der Waals surface area contributed by atoms with E-state index in [1.807, 2.05) is 0 Å².